The second kappa shape index (κ2) is 6.91. The molecule has 0 bridgehead atoms. The fourth-order valence-corrected chi connectivity index (χ4v) is 3.83. The van der Waals surface area contributed by atoms with Gasteiger partial charge in [0, 0.05) is 22.8 Å². The number of nitrogens with one attached hydrogen (secondary N) is 2. The lowest BCUT2D eigenvalue weighted by atomic mass is 9.88. The number of β-lactam (4-membered cyclic amide) rings is 1. The number of amides is 2. The summed E-state index contributed by atoms with van der Waals surface area (Å²) in [5.74, 6) is -0.107. The van der Waals surface area contributed by atoms with Crippen LogP contribution in [0.1, 0.15) is 31.9 Å². The molecule has 0 radical (unpaired) electrons. The molecule has 138 valence electrons. The van der Waals surface area contributed by atoms with E-state index in [1.165, 1.54) is 0 Å². The molecule has 5 nitrogen and oxygen atoms in total. The molecule has 2 atom stereocenters. The maximum absolute atomic E-state index is 13.1. The first-order chi connectivity index (χ1) is 13.0. The van der Waals surface area contributed by atoms with E-state index in [2.05, 4.69) is 10.3 Å². The van der Waals surface area contributed by atoms with Crippen molar-refractivity contribution >= 4 is 28.4 Å². The smallest absolute Gasteiger partial charge is 0.247 e. The Morgan fingerprint density at radius 2 is 1.93 bits per heavy atom. The van der Waals surface area contributed by atoms with E-state index in [1.807, 2.05) is 74.6 Å². The minimum Gasteiger partial charge on any atom is -0.361 e. The lowest BCUT2D eigenvalue weighted by molar-refractivity contribution is -0.156. The minimum atomic E-state index is -0.502. The number of hydrogen-bond donors (Lipinski definition) is 2. The monoisotopic (exact) mass is 361 g/mol. The molecular formula is C22H23N3O2. The van der Waals surface area contributed by atoms with Crippen LogP contribution in [-0.4, -0.2) is 27.7 Å². The van der Waals surface area contributed by atoms with Crippen LogP contribution in [0, 0.1) is 5.92 Å². The van der Waals surface area contributed by atoms with Crippen LogP contribution in [0.3, 0.4) is 0 Å². The van der Waals surface area contributed by atoms with Crippen molar-refractivity contribution in [3.05, 3.63) is 66.4 Å². The third-order valence-corrected chi connectivity index (χ3v) is 5.20. The Morgan fingerprint density at radius 1 is 1.15 bits per heavy atom. The first-order valence-electron chi connectivity index (χ1n) is 9.28. The standard InChI is InChI=1S/C22H23N3O2/c1-14(2)21(25-19(13-20(25)26)15-6-4-3-5-7-15)22(27)24-17-8-9-18-16(12-17)10-11-23-18/h3-12,14,19,21,23H,13H2,1-2H3,(H,24,27)/t19-,21+/m1/s1. The summed E-state index contributed by atoms with van der Waals surface area (Å²) in [4.78, 5) is 30.4. The van der Waals surface area contributed by atoms with Gasteiger partial charge in [-0.05, 0) is 35.7 Å². The zero-order valence-corrected chi connectivity index (χ0v) is 15.5. The fraction of sp³-hybridized carbons (Fsp3) is 0.273. The summed E-state index contributed by atoms with van der Waals surface area (Å²) in [5, 5.41) is 4.04. The van der Waals surface area contributed by atoms with Crippen molar-refractivity contribution in [2.24, 2.45) is 5.92 Å². The van der Waals surface area contributed by atoms with E-state index in [0.717, 1.165) is 22.2 Å². The van der Waals surface area contributed by atoms with E-state index in [4.69, 9.17) is 0 Å². The quantitative estimate of drug-likeness (QED) is 0.672. The van der Waals surface area contributed by atoms with Crippen LogP contribution >= 0.6 is 0 Å². The molecule has 0 aliphatic carbocycles. The van der Waals surface area contributed by atoms with Crippen molar-refractivity contribution in [1.29, 1.82) is 0 Å². The topological polar surface area (TPSA) is 65.2 Å². The second-order valence-electron chi connectivity index (χ2n) is 7.39. The molecule has 3 aromatic rings. The van der Waals surface area contributed by atoms with E-state index in [1.54, 1.807) is 4.90 Å². The van der Waals surface area contributed by atoms with Crippen LogP contribution in [0.2, 0.25) is 0 Å². The van der Waals surface area contributed by atoms with Crippen molar-refractivity contribution in [3.63, 3.8) is 0 Å². The number of rotatable bonds is 5. The number of benzene rings is 2. The number of fused-ring (bicyclic) bond motifs is 1. The number of carbonyl (C=O) groups is 2. The molecule has 2 amide bonds. The molecule has 1 aromatic heterocycles. The Labute approximate surface area is 158 Å². The van der Waals surface area contributed by atoms with E-state index in [9.17, 15) is 9.59 Å². The average molecular weight is 361 g/mol. The molecule has 2 heterocycles. The van der Waals surface area contributed by atoms with Gasteiger partial charge in [0.1, 0.15) is 6.04 Å². The number of aromatic amines is 1. The predicted octanol–water partition coefficient (Wildman–Crippen LogP) is 4.10. The largest absolute Gasteiger partial charge is 0.361 e. The molecule has 1 aliphatic rings. The van der Waals surface area contributed by atoms with E-state index < -0.39 is 6.04 Å². The Balaban J connectivity index is 1.57. The van der Waals surface area contributed by atoms with Crippen LogP contribution in [0.25, 0.3) is 10.9 Å². The molecule has 0 unspecified atom stereocenters. The van der Waals surface area contributed by atoms with Crippen LogP contribution in [0.5, 0.6) is 0 Å². The summed E-state index contributed by atoms with van der Waals surface area (Å²) in [6, 6.07) is 17.1. The molecular weight excluding hydrogens is 338 g/mol. The average Bonchev–Trinajstić information content (AvgIpc) is 3.12. The minimum absolute atomic E-state index is 0.0106. The first-order valence-corrected chi connectivity index (χ1v) is 9.28. The van der Waals surface area contributed by atoms with Gasteiger partial charge in [0.2, 0.25) is 11.8 Å². The van der Waals surface area contributed by atoms with Crippen LogP contribution in [0.15, 0.2) is 60.8 Å². The number of anilines is 1. The highest BCUT2D eigenvalue weighted by molar-refractivity contribution is 6.00. The number of H-pyrrole nitrogens is 1. The molecule has 5 heteroatoms. The molecule has 27 heavy (non-hydrogen) atoms. The SMILES string of the molecule is CC(C)[C@@H](C(=O)Nc1ccc2[nH]ccc2c1)N1C(=O)C[C@@H]1c1ccccc1. The van der Waals surface area contributed by atoms with Gasteiger partial charge in [-0.25, -0.2) is 0 Å². The van der Waals surface area contributed by atoms with Gasteiger partial charge in [-0.1, -0.05) is 44.2 Å². The number of likely N-dealkylation sites (tertiary alicyclic amines) is 1. The summed E-state index contributed by atoms with van der Waals surface area (Å²) >= 11 is 0. The molecule has 1 aliphatic heterocycles. The molecule has 0 saturated carbocycles. The summed E-state index contributed by atoms with van der Waals surface area (Å²) in [5.41, 5.74) is 2.83. The third kappa shape index (κ3) is 3.21. The Kier molecular flexibility index (Phi) is 4.44. The summed E-state index contributed by atoms with van der Waals surface area (Å²) < 4.78 is 0. The van der Waals surface area contributed by atoms with Crippen molar-refractivity contribution in [1.82, 2.24) is 9.88 Å². The zero-order valence-electron chi connectivity index (χ0n) is 15.5. The molecule has 2 aromatic carbocycles. The zero-order chi connectivity index (χ0) is 19.0. The highest BCUT2D eigenvalue weighted by atomic mass is 16.2. The normalized spacial score (nSPS) is 17.8. The number of carbonyl (C=O) groups excluding carboxylic acids is 2. The summed E-state index contributed by atoms with van der Waals surface area (Å²) in [6.45, 7) is 3.96. The summed E-state index contributed by atoms with van der Waals surface area (Å²) in [7, 11) is 0. The Bertz CT molecular complexity index is 977. The van der Waals surface area contributed by atoms with Gasteiger partial charge in [0.25, 0.3) is 0 Å². The number of nitrogens with zero attached hydrogens (tertiary/aromatic N) is 1. The fourth-order valence-electron chi connectivity index (χ4n) is 3.83. The van der Waals surface area contributed by atoms with Crippen LogP contribution in [-0.2, 0) is 9.59 Å². The third-order valence-electron chi connectivity index (χ3n) is 5.20. The van der Waals surface area contributed by atoms with E-state index in [-0.39, 0.29) is 23.8 Å². The van der Waals surface area contributed by atoms with Crippen molar-refractivity contribution < 1.29 is 9.59 Å². The maximum Gasteiger partial charge on any atom is 0.247 e. The Morgan fingerprint density at radius 3 is 2.63 bits per heavy atom. The van der Waals surface area contributed by atoms with Gasteiger partial charge in [0.15, 0.2) is 0 Å². The first kappa shape index (κ1) is 17.3. The van der Waals surface area contributed by atoms with Gasteiger partial charge in [-0.15, -0.1) is 0 Å². The van der Waals surface area contributed by atoms with E-state index in [0.29, 0.717) is 6.42 Å². The summed E-state index contributed by atoms with van der Waals surface area (Å²) in [6.07, 6.45) is 2.33. The lowest BCUT2D eigenvalue weighted by Crippen LogP contribution is -2.58. The lowest BCUT2D eigenvalue weighted by Gasteiger charge is -2.46. The highest BCUT2D eigenvalue weighted by Gasteiger charge is 2.45. The molecule has 1 saturated heterocycles. The molecule has 0 spiro atoms. The highest BCUT2D eigenvalue weighted by Crippen LogP contribution is 2.38. The van der Waals surface area contributed by atoms with Gasteiger partial charge in [-0.3, -0.25) is 9.59 Å². The predicted molar refractivity (Wildman–Crippen MR) is 106 cm³/mol. The van der Waals surface area contributed by atoms with E-state index >= 15 is 0 Å². The van der Waals surface area contributed by atoms with Crippen molar-refractivity contribution in [3.8, 4) is 0 Å². The second-order valence-corrected chi connectivity index (χ2v) is 7.39. The van der Waals surface area contributed by atoms with Gasteiger partial charge in [-0.2, -0.15) is 0 Å². The number of aromatic nitrogens is 1. The van der Waals surface area contributed by atoms with Crippen LogP contribution < -0.4 is 5.32 Å². The van der Waals surface area contributed by atoms with Crippen molar-refractivity contribution in [2.75, 3.05) is 5.32 Å². The van der Waals surface area contributed by atoms with Crippen LogP contribution in [0.4, 0.5) is 5.69 Å². The number of hydrogen-bond acceptors (Lipinski definition) is 2. The molecule has 2 N–H and O–H groups in total. The van der Waals surface area contributed by atoms with Crippen molar-refractivity contribution in [2.45, 2.75) is 32.4 Å². The molecule has 4 rings (SSSR count). The van der Waals surface area contributed by atoms with Gasteiger partial charge in [0.05, 0.1) is 12.5 Å². The molecule has 1 fully saturated rings. The van der Waals surface area contributed by atoms with Gasteiger partial charge < -0.3 is 15.2 Å². The Hall–Kier alpha value is -3.08. The maximum atomic E-state index is 13.1. The van der Waals surface area contributed by atoms with Gasteiger partial charge >= 0.3 is 0 Å².